The highest BCUT2D eigenvalue weighted by Gasteiger charge is 2.30. The molecule has 0 saturated carbocycles. The molecule has 0 radical (unpaired) electrons. The van der Waals surface area contributed by atoms with Crippen molar-refractivity contribution < 1.29 is 49.0 Å². The van der Waals surface area contributed by atoms with Crippen LogP contribution in [-0.2, 0) is 10.0 Å². The van der Waals surface area contributed by atoms with E-state index in [4.69, 9.17) is 0 Å². The minimum atomic E-state index is -4.74. The first-order chi connectivity index (χ1) is 14.7. The molecular formula is C18H16F6N2O5S. The van der Waals surface area contributed by atoms with Gasteiger partial charge in [0.1, 0.15) is 11.5 Å². The molecule has 0 spiro atoms. The van der Waals surface area contributed by atoms with E-state index in [2.05, 4.69) is 14.8 Å². The second-order valence-electron chi connectivity index (χ2n) is 6.21. The molecule has 0 unspecified atom stereocenters. The normalized spacial score (nSPS) is 12.2. The molecule has 0 aliphatic heterocycles. The van der Waals surface area contributed by atoms with E-state index in [9.17, 15) is 39.6 Å². The summed E-state index contributed by atoms with van der Waals surface area (Å²) in [6, 6.07) is 7.08. The largest absolute Gasteiger partial charge is 0.484 e. The molecule has 0 saturated heterocycles. The number of halogens is 6. The topological polar surface area (TPSA) is 93.7 Å². The van der Waals surface area contributed by atoms with Crippen LogP contribution in [0.25, 0.3) is 0 Å². The van der Waals surface area contributed by atoms with Crippen molar-refractivity contribution in [3.63, 3.8) is 0 Å². The summed E-state index contributed by atoms with van der Waals surface area (Å²) in [5.74, 6) is -1.62. The molecule has 176 valence electrons. The SMILES string of the molecule is CNC(=O)c1ccc(S(=O)(=O)Nc2cc(OCC(F)(F)F)cc(OCC(F)(F)F)c2)cc1. The van der Waals surface area contributed by atoms with E-state index < -0.39 is 58.7 Å². The highest BCUT2D eigenvalue weighted by atomic mass is 32.2. The van der Waals surface area contributed by atoms with Gasteiger partial charge in [-0.2, -0.15) is 26.3 Å². The molecule has 14 heteroatoms. The fourth-order valence-electron chi connectivity index (χ4n) is 2.27. The molecule has 1 amide bonds. The Balaban J connectivity index is 2.31. The van der Waals surface area contributed by atoms with Gasteiger partial charge in [0.05, 0.1) is 10.6 Å². The smallest absolute Gasteiger partial charge is 0.422 e. The van der Waals surface area contributed by atoms with Crippen molar-refractivity contribution >= 4 is 21.6 Å². The number of rotatable bonds is 8. The first-order valence-electron chi connectivity index (χ1n) is 8.58. The third-order valence-corrected chi connectivity index (χ3v) is 4.99. The maximum Gasteiger partial charge on any atom is 0.422 e. The van der Waals surface area contributed by atoms with Crippen LogP contribution in [0.4, 0.5) is 32.0 Å². The Labute approximate surface area is 178 Å². The number of hydrogen-bond donors (Lipinski definition) is 2. The monoisotopic (exact) mass is 486 g/mol. The number of anilines is 1. The van der Waals surface area contributed by atoms with Gasteiger partial charge in [0.15, 0.2) is 13.2 Å². The number of hydrogen-bond acceptors (Lipinski definition) is 5. The number of nitrogens with one attached hydrogen (secondary N) is 2. The number of benzene rings is 2. The van der Waals surface area contributed by atoms with E-state index in [-0.39, 0.29) is 10.5 Å². The molecule has 0 atom stereocenters. The first kappa shape index (κ1) is 25.1. The van der Waals surface area contributed by atoms with Gasteiger partial charge in [0, 0.05) is 30.8 Å². The van der Waals surface area contributed by atoms with Gasteiger partial charge in [0.25, 0.3) is 15.9 Å². The van der Waals surface area contributed by atoms with E-state index in [0.717, 1.165) is 30.3 Å². The van der Waals surface area contributed by atoms with Gasteiger partial charge in [-0.25, -0.2) is 8.42 Å². The minimum Gasteiger partial charge on any atom is -0.484 e. The molecule has 32 heavy (non-hydrogen) atoms. The van der Waals surface area contributed by atoms with Gasteiger partial charge in [-0.05, 0) is 24.3 Å². The van der Waals surface area contributed by atoms with E-state index in [1.165, 1.54) is 19.2 Å². The number of amides is 1. The van der Waals surface area contributed by atoms with E-state index in [1.807, 2.05) is 4.72 Å². The molecule has 2 rings (SSSR count). The van der Waals surface area contributed by atoms with Gasteiger partial charge in [-0.1, -0.05) is 0 Å². The van der Waals surface area contributed by atoms with Crippen molar-refractivity contribution in [3.8, 4) is 11.5 Å². The number of alkyl halides is 6. The average Bonchev–Trinajstić information content (AvgIpc) is 2.69. The second-order valence-corrected chi connectivity index (χ2v) is 7.89. The Morgan fingerprint density at radius 1 is 0.875 bits per heavy atom. The average molecular weight is 486 g/mol. The van der Waals surface area contributed by atoms with Crippen LogP contribution in [0.2, 0.25) is 0 Å². The van der Waals surface area contributed by atoms with Crippen molar-refractivity contribution in [2.75, 3.05) is 25.0 Å². The predicted molar refractivity (Wildman–Crippen MR) is 100 cm³/mol. The van der Waals surface area contributed by atoms with Crippen LogP contribution >= 0.6 is 0 Å². The Bertz CT molecular complexity index is 1020. The summed E-state index contributed by atoms with van der Waals surface area (Å²) in [6.45, 7) is -3.52. The van der Waals surface area contributed by atoms with E-state index in [0.29, 0.717) is 0 Å². The number of carbonyl (C=O) groups excluding carboxylic acids is 1. The molecule has 0 bridgehead atoms. The Morgan fingerprint density at radius 2 is 1.34 bits per heavy atom. The summed E-state index contributed by atoms with van der Waals surface area (Å²) in [7, 11) is -2.94. The standard InChI is InChI=1S/C18H16F6N2O5S/c1-25-16(27)11-2-4-15(5-3-11)32(28,29)26-12-6-13(30-9-17(19,20)21)8-14(7-12)31-10-18(22,23)24/h2-8,26H,9-10H2,1H3,(H,25,27). The molecule has 0 aliphatic rings. The van der Waals surface area contributed by atoms with Gasteiger partial charge in [-0.15, -0.1) is 0 Å². The Hall–Kier alpha value is -3.16. The van der Waals surface area contributed by atoms with Crippen LogP contribution in [0.5, 0.6) is 11.5 Å². The van der Waals surface area contributed by atoms with Crippen molar-refractivity contribution in [2.24, 2.45) is 0 Å². The van der Waals surface area contributed by atoms with Gasteiger partial charge in [0.2, 0.25) is 0 Å². The molecule has 2 aromatic rings. The zero-order chi connectivity index (χ0) is 24.2. The van der Waals surface area contributed by atoms with Gasteiger partial charge < -0.3 is 14.8 Å². The maximum atomic E-state index is 12.6. The third-order valence-electron chi connectivity index (χ3n) is 3.59. The van der Waals surface area contributed by atoms with Crippen LogP contribution in [0.3, 0.4) is 0 Å². The predicted octanol–water partition coefficient (Wildman–Crippen LogP) is 3.73. The zero-order valence-electron chi connectivity index (χ0n) is 16.2. The van der Waals surface area contributed by atoms with E-state index in [1.54, 1.807) is 0 Å². The summed E-state index contributed by atoms with van der Waals surface area (Å²) in [6.07, 6.45) is -9.48. The lowest BCUT2D eigenvalue weighted by atomic mass is 10.2. The highest BCUT2D eigenvalue weighted by molar-refractivity contribution is 7.92. The molecule has 0 fully saturated rings. The lowest BCUT2D eigenvalue weighted by Crippen LogP contribution is -2.20. The summed E-state index contributed by atoms with van der Waals surface area (Å²) in [4.78, 5) is 11.2. The summed E-state index contributed by atoms with van der Waals surface area (Å²) >= 11 is 0. The minimum absolute atomic E-state index is 0.164. The molecule has 0 aliphatic carbocycles. The van der Waals surface area contributed by atoms with Crippen molar-refractivity contribution in [2.45, 2.75) is 17.2 Å². The van der Waals surface area contributed by atoms with Gasteiger partial charge >= 0.3 is 12.4 Å². The molecular weight excluding hydrogens is 470 g/mol. The van der Waals surface area contributed by atoms with Crippen LogP contribution in [0.15, 0.2) is 47.4 Å². The number of sulfonamides is 1. The highest BCUT2D eigenvalue weighted by Crippen LogP contribution is 2.30. The third kappa shape index (κ3) is 7.83. The van der Waals surface area contributed by atoms with Gasteiger partial charge in [-0.3, -0.25) is 9.52 Å². The summed E-state index contributed by atoms with van der Waals surface area (Å²) in [5, 5.41) is 2.34. The fourth-order valence-corrected chi connectivity index (χ4v) is 3.31. The quantitative estimate of drug-likeness (QED) is 0.555. The van der Waals surface area contributed by atoms with Crippen molar-refractivity contribution in [3.05, 3.63) is 48.0 Å². The Morgan fingerprint density at radius 3 is 1.75 bits per heavy atom. The lowest BCUT2D eigenvalue weighted by molar-refractivity contribution is -0.153. The van der Waals surface area contributed by atoms with Crippen molar-refractivity contribution in [1.29, 1.82) is 0 Å². The summed E-state index contributed by atoms with van der Waals surface area (Å²) < 4.78 is 111. The number of carbonyl (C=O) groups is 1. The lowest BCUT2D eigenvalue weighted by Gasteiger charge is -2.15. The Kier molecular flexibility index (Phi) is 7.49. The van der Waals surface area contributed by atoms with Crippen LogP contribution in [0, 0.1) is 0 Å². The second kappa shape index (κ2) is 9.54. The molecule has 0 heterocycles. The van der Waals surface area contributed by atoms with Crippen LogP contribution in [0.1, 0.15) is 10.4 Å². The van der Waals surface area contributed by atoms with E-state index >= 15 is 0 Å². The fraction of sp³-hybridized carbons (Fsp3) is 0.278. The van der Waals surface area contributed by atoms with Crippen molar-refractivity contribution in [1.82, 2.24) is 5.32 Å². The zero-order valence-corrected chi connectivity index (χ0v) is 17.0. The van der Waals surface area contributed by atoms with Crippen LogP contribution in [-0.4, -0.2) is 46.9 Å². The first-order valence-corrected chi connectivity index (χ1v) is 10.1. The maximum absolute atomic E-state index is 12.6. The molecule has 2 N–H and O–H groups in total. The summed E-state index contributed by atoms with van der Waals surface area (Å²) in [5.41, 5.74) is -0.242. The molecule has 0 aromatic heterocycles. The number of ether oxygens (including phenoxy) is 2. The van der Waals surface area contributed by atoms with Crippen LogP contribution < -0.4 is 19.5 Å². The molecule has 7 nitrogen and oxygen atoms in total. The molecule has 2 aromatic carbocycles.